The second kappa shape index (κ2) is 8.63. The van der Waals surface area contributed by atoms with Crippen molar-refractivity contribution >= 4 is 52.4 Å². The fourth-order valence-electron chi connectivity index (χ4n) is 3.00. The molecule has 8 heteroatoms. The van der Waals surface area contributed by atoms with Crippen LogP contribution in [0, 0.1) is 12.8 Å². The van der Waals surface area contributed by atoms with Crippen LogP contribution in [0.4, 0.5) is 11.4 Å². The van der Waals surface area contributed by atoms with Crippen LogP contribution >= 0.6 is 23.2 Å². The third kappa shape index (κ3) is 4.64. The Morgan fingerprint density at radius 1 is 1.21 bits per heavy atom. The molecule has 1 heterocycles. The highest BCUT2D eigenvalue weighted by Gasteiger charge is 2.37. The maximum atomic E-state index is 12.3. The third-order valence-electron chi connectivity index (χ3n) is 4.44. The van der Waals surface area contributed by atoms with E-state index >= 15 is 0 Å². The molecule has 146 valence electrons. The minimum absolute atomic E-state index is 0.0285. The maximum absolute atomic E-state index is 12.3. The predicted molar refractivity (Wildman–Crippen MR) is 108 cm³/mol. The SMILES string of the molecule is Cc1c(Cl)cccc1N1C[C@H](C(=O)OCC(=O)Nc2cccc(Cl)c2)CC1=O. The molecule has 1 atom stereocenters. The molecule has 0 radical (unpaired) electrons. The summed E-state index contributed by atoms with van der Waals surface area (Å²) in [6, 6.07) is 11.9. The molecule has 2 aromatic rings. The van der Waals surface area contributed by atoms with E-state index in [1.54, 1.807) is 42.5 Å². The summed E-state index contributed by atoms with van der Waals surface area (Å²) in [5.41, 5.74) is 1.95. The van der Waals surface area contributed by atoms with Gasteiger partial charge >= 0.3 is 5.97 Å². The first-order valence-electron chi connectivity index (χ1n) is 8.62. The Hall–Kier alpha value is -2.57. The number of nitrogens with one attached hydrogen (secondary N) is 1. The lowest BCUT2D eigenvalue weighted by Gasteiger charge is -2.19. The number of rotatable bonds is 5. The summed E-state index contributed by atoms with van der Waals surface area (Å²) < 4.78 is 5.09. The van der Waals surface area contributed by atoms with Gasteiger partial charge in [-0.2, -0.15) is 0 Å². The average Bonchev–Trinajstić information content (AvgIpc) is 3.04. The van der Waals surface area contributed by atoms with Gasteiger partial charge in [0.15, 0.2) is 6.61 Å². The first-order chi connectivity index (χ1) is 13.3. The van der Waals surface area contributed by atoms with Gasteiger partial charge in [-0.1, -0.05) is 35.3 Å². The maximum Gasteiger partial charge on any atom is 0.311 e. The quantitative estimate of drug-likeness (QED) is 0.745. The molecule has 0 aromatic heterocycles. The highest BCUT2D eigenvalue weighted by Crippen LogP contribution is 2.31. The van der Waals surface area contributed by atoms with Gasteiger partial charge in [-0.3, -0.25) is 14.4 Å². The van der Waals surface area contributed by atoms with E-state index in [4.69, 9.17) is 27.9 Å². The molecule has 2 amide bonds. The van der Waals surface area contributed by atoms with Gasteiger partial charge in [0.25, 0.3) is 5.91 Å². The molecular formula is C20H18Cl2N2O4. The van der Waals surface area contributed by atoms with Crippen LogP contribution in [0.1, 0.15) is 12.0 Å². The summed E-state index contributed by atoms with van der Waals surface area (Å²) in [6.45, 7) is 1.57. The topological polar surface area (TPSA) is 75.7 Å². The van der Waals surface area contributed by atoms with Crippen molar-refractivity contribution < 1.29 is 19.1 Å². The average molecular weight is 421 g/mol. The molecule has 28 heavy (non-hydrogen) atoms. The number of hydrogen-bond donors (Lipinski definition) is 1. The molecule has 2 aromatic carbocycles. The molecule has 0 spiro atoms. The first-order valence-corrected chi connectivity index (χ1v) is 9.38. The Balaban J connectivity index is 1.56. The Labute approximate surface area is 172 Å². The number of anilines is 2. The smallest absolute Gasteiger partial charge is 0.311 e. The van der Waals surface area contributed by atoms with Gasteiger partial charge in [0.05, 0.1) is 5.92 Å². The largest absolute Gasteiger partial charge is 0.455 e. The van der Waals surface area contributed by atoms with E-state index < -0.39 is 24.4 Å². The summed E-state index contributed by atoms with van der Waals surface area (Å²) in [5.74, 6) is -1.89. The highest BCUT2D eigenvalue weighted by molar-refractivity contribution is 6.32. The van der Waals surface area contributed by atoms with Crippen LogP contribution in [0.25, 0.3) is 0 Å². The van der Waals surface area contributed by atoms with E-state index in [1.165, 1.54) is 4.90 Å². The molecule has 1 aliphatic heterocycles. The molecule has 0 saturated carbocycles. The third-order valence-corrected chi connectivity index (χ3v) is 5.09. The molecule has 3 rings (SSSR count). The van der Waals surface area contributed by atoms with E-state index in [0.29, 0.717) is 21.4 Å². The van der Waals surface area contributed by atoms with Gasteiger partial charge in [0, 0.05) is 34.4 Å². The summed E-state index contributed by atoms with van der Waals surface area (Å²) in [4.78, 5) is 38.1. The predicted octanol–water partition coefficient (Wildman–Crippen LogP) is 3.84. The van der Waals surface area contributed by atoms with E-state index in [2.05, 4.69) is 5.32 Å². The van der Waals surface area contributed by atoms with Crippen LogP contribution < -0.4 is 10.2 Å². The fourth-order valence-corrected chi connectivity index (χ4v) is 3.36. The first kappa shape index (κ1) is 20.2. The Bertz CT molecular complexity index is 932. The van der Waals surface area contributed by atoms with Crippen LogP contribution in [-0.2, 0) is 19.1 Å². The van der Waals surface area contributed by atoms with Gasteiger partial charge in [0.1, 0.15) is 0 Å². The number of ether oxygens (including phenoxy) is 1. The van der Waals surface area contributed by atoms with Gasteiger partial charge in [-0.05, 0) is 42.8 Å². The van der Waals surface area contributed by atoms with Crippen molar-refractivity contribution in [1.82, 2.24) is 0 Å². The normalized spacial score (nSPS) is 16.2. The number of hydrogen-bond acceptors (Lipinski definition) is 4. The van der Waals surface area contributed by atoms with Crippen LogP contribution in [0.3, 0.4) is 0 Å². The number of nitrogens with zero attached hydrogens (tertiary/aromatic N) is 1. The molecular weight excluding hydrogens is 403 g/mol. The molecule has 0 bridgehead atoms. The van der Waals surface area contributed by atoms with E-state index in [9.17, 15) is 14.4 Å². The fraction of sp³-hybridized carbons (Fsp3) is 0.250. The van der Waals surface area contributed by atoms with Gasteiger partial charge in [-0.25, -0.2) is 0 Å². The van der Waals surface area contributed by atoms with Crippen molar-refractivity contribution in [1.29, 1.82) is 0 Å². The van der Waals surface area contributed by atoms with Crippen molar-refractivity contribution in [2.24, 2.45) is 5.92 Å². The molecule has 1 saturated heterocycles. The molecule has 0 aliphatic carbocycles. The zero-order valence-electron chi connectivity index (χ0n) is 15.1. The number of esters is 1. The zero-order chi connectivity index (χ0) is 20.3. The lowest BCUT2D eigenvalue weighted by Crippen LogP contribution is -2.28. The van der Waals surface area contributed by atoms with Crippen molar-refractivity contribution in [2.45, 2.75) is 13.3 Å². The van der Waals surface area contributed by atoms with Crippen molar-refractivity contribution in [2.75, 3.05) is 23.4 Å². The van der Waals surface area contributed by atoms with E-state index in [1.807, 2.05) is 6.92 Å². The van der Waals surface area contributed by atoms with Crippen LogP contribution in [0.2, 0.25) is 10.0 Å². The highest BCUT2D eigenvalue weighted by atomic mass is 35.5. The monoisotopic (exact) mass is 420 g/mol. The number of carbonyl (C=O) groups is 3. The Kier molecular flexibility index (Phi) is 6.21. The van der Waals surface area contributed by atoms with Gasteiger partial charge in [-0.15, -0.1) is 0 Å². The zero-order valence-corrected chi connectivity index (χ0v) is 16.6. The van der Waals surface area contributed by atoms with Crippen LogP contribution in [0.15, 0.2) is 42.5 Å². The van der Waals surface area contributed by atoms with Crippen molar-refractivity contribution in [3.63, 3.8) is 0 Å². The lowest BCUT2D eigenvalue weighted by molar-refractivity contribution is -0.151. The minimum atomic E-state index is -0.634. The summed E-state index contributed by atoms with van der Waals surface area (Å²) in [7, 11) is 0. The molecule has 1 aliphatic rings. The molecule has 6 nitrogen and oxygen atoms in total. The second-order valence-electron chi connectivity index (χ2n) is 6.46. The van der Waals surface area contributed by atoms with Gasteiger partial charge < -0.3 is 15.0 Å². The summed E-state index contributed by atoms with van der Waals surface area (Å²) in [5, 5.41) is 3.63. The molecule has 0 unspecified atom stereocenters. The van der Waals surface area contributed by atoms with Crippen LogP contribution in [0.5, 0.6) is 0 Å². The van der Waals surface area contributed by atoms with Crippen molar-refractivity contribution in [3.05, 3.63) is 58.1 Å². The molecule has 1 N–H and O–H groups in total. The lowest BCUT2D eigenvalue weighted by atomic mass is 10.1. The van der Waals surface area contributed by atoms with Crippen molar-refractivity contribution in [3.8, 4) is 0 Å². The standard InChI is InChI=1S/C20H18Cl2N2O4/c1-12-16(22)6-3-7-17(12)24-10-13(8-19(24)26)20(27)28-11-18(25)23-15-5-2-4-14(21)9-15/h2-7,9,13H,8,10-11H2,1H3,(H,23,25)/t13-/m1/s1. The van der Waals surface area contributed by atoms with Crippen LogP contribution in [-0.4, -0.2) is 30.9 Å². The Morgan fingerprint density at radius 2 is 1.96 bits per heavy atom. The summed E-state index contributed by atoms with van der Waals surface area (Å²) in [6.07, 6.45) is 0.0285. The second-order valence-corrected chi connectivity index (χ2v) is 7.30. The molecule has 1 fully saturated rings. The summed E-state index contributed by atoms with van der Waals surface area (Å²) >= 11 is 12.0. The van der Waals surface area contributed by atoms with Gasteiger partial charge in [0.2, 0.25) is 5.91 Å². The number of carbonyl (C=O) groups excluding carboxylic acids is 3. The number of benzene rings is 2. The number of halogens is 2. The van der Waals surface area contributed by atoms with E-state index in [0.717, 1.165) is 5.56 Å². The Morgan fingerprint density at radius 3 is 2.71 bits per heavy atom. The minimum Gasteiger partial charge on any atom is -0.455 e. The number of amides is 2. The van der Waals surface area contributed by atoms with E-state index in [-0.39, 0.29) is 18.9 Å².